The Morgan fingerprint density at radius 2 is 1.81 bits per heavy atom. The first kappa shape index (κ1) is 17.8. The van der Waals surface area contributed by atoms with E-state index in [0.29, 0.717) is 18.6 Å². The number of imide groups is 1. The van der Waals surface area contributed by atoms with E-state index in [1.165, 1.54) is 12.1 Å². The maximum atomic E-state index is 13.0. The summed E-state index contributed by atoms with van der Waals surface area (Å²) >= 11 is 0. The molecule has 5 nitrogen and oxygen atoms in total. The fraction of sp³-hybridized carbons (Fsp3) is 0.250. The van der Waals surface area contributed by atoms with Crippen molar-refractivity contribution in [1.82, 2.24) is 4.90 Å². The Bertz CT molecular complexity index is 847. The molecular formula is C20H18FNO4. The molecular weight excluding hydrogens is 337 g/mol. The van der Waals surface area contributed by atoms with E-state index in [2.05, 4.69) is 0 Å². The number of nitrogens with zero attached hydrogens (tertiary/aromatic N) is 1. The van der Waals surface area contributed by atoms with Crippen LogP contribution in [-0.4, -0.2) is 35.1 Å². The molecule has 2 amide bonds. The van der Waals surface area contributed by atoms with Gasteiger partial charge in [0.05, 0.1) is 12.1 Å². The number of carbonyl (C=O) groups excluding carboxylic acids is 3. The van der Waals surface area contributed by atoms with Crippen LogP contribution < -0.4 is 4.74 Å². The first-order valence-electron chi connectivity index (χ1n) is 8.41. The van der Waals surface area contributed by atoms with Crippen LogP contribution in [0.25, 0.3) is 0 Å². The number of halogens is 1. The van der Waals surface area contributed by atoms with Gasteiger partial charge in [-0.2, -0.15) is 0 Å². The molecule has 2 aromatic rings. The highest BCUT2D eigenvalue weighted by Gasteiger charge is 2.36. The molecule has 0 bridgehead atoms. The van der Waals surface area contributed by atoms with Crippen LogP contribution in [0.5, 0.6) is 5.75 Å². The number of hydrogen-bond donors (Lipinski definition) is 0. The number of carbonyl (C=O) groups is 3. The van der Waals surface area contributed by atoms with E-state index >= 15 is 0 Å². The molecule has 1 aliphatic heterocycles. The predicted molar refractivity (Wildman–Crippen MR) is 92.5 cm³/mol. The van der Waals surface area contributed by atoms with Gasteiger partial charge >= 0.3 is 0 Å². The van der Waals surface area contributed by atoms with Crippen molar-refractivity contribution in [2.45, 2.75) is 25.9 Å². The molecule has 0 spiro atoms. The fourth-order valence-corrected chi connectivity index (χ4v) is 2.83. The number of rotatable bonds is 5. The number of hydrogen-bond acceptors (Lipinski definition) is 4. The minimum atomic E-state index is -0.825. The number of ether oxygens (including phenoxy) is 1. The lowest BCUT2D eigenvalue weighted by atomic mass is 10.1. The topological polar surface area (TPSA) is 63.7 Å². The van der Waals surface area contributed by atoms with E-state index in [-0.39, 0.29) is 11.1 Å². The summed E-state index contributed by atoms with van der Waals surface area (Å²) in [5.41, 5.74) is 0.476. The molecule has 0 fully saturated rings. The van der Waals surface area contributed by atoms with Gasteiger partial charge in [-0.1, -0.05) is 25.5 Å². The van der Waals surface area contributed by atoms with Crippen molar-refractivity contribution in [3.05, 3.63) is 65.5 Å². The Balaban J connectivity index is 1.92. The number of fused-ring (bicyclic) bond motifs is 1. The standard InChI is InChI=1S/C20H18FNO4/c1-2-5-18-20(25)22(12-16(23)13-8-10-14(21)11-9-13)19(24)15-6-3-4-7-17(15)26-18/h3-4,6-11,18H,2,5,12H2,1H3/t18-/m0/s1. The Kier molecular flexibility index (Phi) is 5.11. The molecule has 0 N–H and O–H groups in total. The highest BCUT2D eigenvalue weighted by molar-refractivity contribution is 6.12. The van der Waals surface area contributed by atoms with E-state index in [9.17, 15) is 18.8 Å². The van der Waals surface area contributed by atoms with Crippen LogP contribution >= 0.6 is 0 Å². The highest BCUT2D eigenvalue weighted by Crippen LogP contribution is 2.27. The average Bonchev–Trinajstić information content (AvgIpc) is 2.74. The van der Waals surface area contributed by atoms with Gasteiger partial charge in [-0.25, -0.2) is 4.39 Å². The molecule has 3 rings (SSSR count). The molecule has 0 radical (unpaired) electrons. The summed E-state index contributed by atoms with van der Waals surface area (Å²) in [4.78, 5) is 39.1. The summed E-state index contributed by atoms with van der Waals surface area (Å²) in [5.74, 6) is -1.68. The zero-order valence-corrected chi connectivity index (χ0v) is 14.3. The Morgan fingerprint density at radius 3 is 2.50 bits per heavy atom. The maximum Gasteiger partial charge on any atom is 0.270 e. The number of Topliss-reactive ketones (excluding diaryl/α,β-unsaturated/α-hetero) is 1. The zero-order chi connectivity index (χ0) is 18.7. The highest BCUT2D eigenvalue weighted by atomic mass is 19.1. The predicted octanol–water partition coefficient (Wildman–Crippen LogP) is 3.24. The van der Waals surface area contributed by atoms with Gasteiger partial charge in [0.15, 0.2) is 11.9 Å². The molecule has 0 saturated carbocycles. The Labute approximate surface area is 150 Å². The molecule has 2 aromatic carbocycles. The van der Waals surface area contributed by atoms with Gasteiger partial charge in [0.2, 0.25) is 0 Å². The lowest BCUT2D eigenvalue weighted by Gasteiger charge is -2.21. The lowest BCUT2D eigenvalue weighted by Crippen LogP contribution is -2.45. The summed E-state index contributed by atoms with van der Waals surface area (Å²) in [7, 11) is 0. The minimum absolute atomic E-state index is 0.234. The van der Waals surface area contributed by atoms with Gasteiger partial charge in [-0.15, -0.1) is 0 Å². The van der Waals surface area contributed by atoms with Crippen molar-refractivity contribution < 1.29 is 23.5 Å². The van der Waals surface area contributed by atoms with Gasteiger partial charge < -0.3 is 4.74 Å². The van der Waals surface area contributed by atoms with Gasteiger partial charge in [0.1, 0.15) is 11.6 Å². The van der Waals surface area contributed by atoms with Crippen molar-refractivity contribution in [2.75, 3.05) is 6.54 Å². The Hall–Kier alpha value is -3.02. The smallest absolute Gasteiger partial charge is 0.270 e. The Morgan fingerprint density at radius 1 is 1.12 bits per heavy atom. The number of para-hydroxylation sites is 1. The normalized spacial score (nSPS) is 16.7. The first-order chi connectivity index (χ1) is 12.5. The van der Waals surface area contributed by atoms with Crippen LogP contribution in [0.1, 0.15) is 40.5 Å². The van der Waals surface area contributed by atoms with Gasteiger partial charge in [-0.3, -0.25) is 19.3 Å². The molecule has 0 saturated heterocycles. The van der Waals surface area contributed by atoms with E-state index in [1.54, 1.807) is 24.3 Å². The van der Waals surface area contributed by atoms with Gasteiger partial charge in [0.25, 0.3) is 11.8 Å². The van der Waals surface area contributed by atoms with Crippen LogP contribution in [0.4, 0.5) is 4.39 Å². The average molecular weight is 355 g/mol. The second-order valence-corrected chi connectivity index (χ2v) is 6.05. The fourth-order valence-electron chi connectivity index (χ4n) is 2.83. The third-order valence-electron chi connectivity index (χ3n) is 4.19. The van der Waals surface area contributed by atoms with Crippen molar-refractivity contribution in [3.8, 4) is 5.75 Å². The number of ketones is 1. The zero-order valence-electron chi connectivity index (χ0n) is 14.3. The number of amides is 2. The summed E-state index contributed by atoms with van der Waals surface area (Å²) in [6.07, 6.45) is 0.294. The molecule has 0 aliphatic carbocycles. The monoisotopic (exact) mass is 355 g/mol. The van der Waals surface area contributed by atoms with Crippen molar-refractivity contribution in [2.24, 2.45) is 0 Å². The summed E-state index contributed by atoms with van der Waals surface area (Å²) < 4.78 is 18.8. The molecule has 134 valence electrons. The van der Waals surface area contributed by atoms with Gasteiger partial charge in [0, 0.05) is 5.56 Å². The minimum Gasteiger partial charge on any atom is -0.480 e. The van der Waals surface area contributed by atoms with Crippen LogP contribution in [0.2, 0.25) is 0 Å². The van der Waals surface area contributed by atoms with E-state index in [4.69, 9.17) is 4.74 Å². The molecule has 1 aliphatic rings. The van der Waals surface area contributed by atoms with E-state index < -0.39 is 36.1 Å². The van der Waals surface area contributed by atoms with Crippen molar-refractivity contribution in [3.63, 3.8) is 0 Å². The number of benzene rings is 2. The molecule has 26 heavy (non-hydrogen) atoms. The van der Waals surface area contributed by atoms with Crippen molar-refractivity contribution >= 4 is 17.6 Å². The molecule has 1 atom stereocenters. The summed E-state index contributed by atoms with van der Waals surface area (Å²) in [6, 6.07) is 11.6. The first-order valence-corrected chi connectivity index (χ1v) is 8.41. The third-order valence-corrected chi connectivity index (χ3v) is 4.19. The second kappa shape index (κ2) is 7.47. The SMILES string of the molecule is CCC[C@@H]1Oc2ccccc2C(=O)N(CC(=O)c2ccc(F)cc2)C1=O. The molecule has 0 unspecified atom stereocenters. The second-order valence-electron chi connectivity index (χ2n) is 6.05. The van der Waals surface area contributed by atoms with Crippen LogP contribution in [-0.2, 0) is 4.79 Å². The van der Waals surface area contributed by atoms with Crippen LogP contribution in [0, 0.1) is 5.82 Å². The third kappa shape index (κ3) is 3.49. The molecule has 1 heterocycles. The van der Waals surface area contributed by atoms with Gasteiger partial charge in [-0.05, 0) is 42.8 Å². The van der Waals surface area contributed by atoms with Crippen LogP contribution in [0.15, 0.2) is 48.5 Å². The lowest BCUT2D eigenvalue weighted by molar-refractivity contribution is -0.135. The maximum absolute atomic E-state index is 13.0. The summed E-state index contributed by atoms with van der Waals surface area (Å²) in [6.45, 7) is 1.49. The summed E-state index contributed by atoms with van der Waals surface area (Å²) in [5, 5.41) is 0. The van der Waals surface area contributed by atoms with E-state index in [1.807, 2.05) is 6.92 Å². The van der Waals surface area contributed by atoms with Crippen LogP contribution in [0.3, 0.4) is 0 Å². The quantitative estimate of drug-likeness (QED) is 0.610. The van der Waals surface area contributed by atoms with E-state index in [0.717, 1.165) is 17.0 Å². The molecule has 6 heteroatoms. The molecule has 0 aromatic heterocycles. The van der Waals surface area contributed by atoms with Crippen molar-refractivity contribution in [1.29, 1.82) is 0 Å². The largest absolute Gasteiger partial charge is 0.480 e.